The van der Waals surface area contributed by atoms with Crippen molar-refractivity contribution in [3.63, 3.8) is 0 Å². The highest BCUT2D eigenvalue weighted by atomic mass is 16.5. The molecule has 1 amide bonds. The number of hydrogen-bond donors (Lipinski definition) is 2. The molecule has 2 N–H and O–H groups in total. The Morgan fingerprint density at radius 1 is 1.09 bits per heavy atom. The molecule has 0 saturated carbocycles. The van der Waals surface area contributed by atoms with Crippen molar-refractivity contribution >= 4 is 11.9 Å². The average Bonchev–Trinajstić information content (AvgIpc) is 3.09. The summed E-state index contributed by atoms with van der Waals surface area (Å²) in [5.41, 5.74) is 1.21. The number of nitriles is 1. The molecule has 2 aliphatic rings. The summed E-state index contributed by atoms with van der Waals surface area (Å²) in [6, 6.07) is 16.1. The number of piperazine rings is 1. The topological polar surface area (TPSA) is 115 Å². The Hall–Kier alpha value is -3.61. The van der Waals surface area contributed by atoms with Crippen molar-refractivity contribution in [1.82, 2.24) is 15.1 Å². The Labute approximate surface area is 204 Å². The third kappa shape index (κ3) is 6.29. The number of carbonyl (C=O) groups is 2. The minimum Gasteiger partial charge on any atom is -0.497 e. The van der Waals surface area contributed by atoms with E-state index in [-0.39, 0.29) is 24.5 Å². The molecule has 0 radical (unpaired) electrons. The molecule has 9 heteroatoms. The monoisotopic (exact) mass is 478 g/mol. The Morgan fingerprint density at radius 2 is 1.71 bits per heavy atom. The molecule has 0 aliphatic carbocycles. The molecule has 2 heterocycles. The molecule has 2 unspecified atom stereocenters. The van der Waals surface area contributed by atoms with Crippen LogP contribution in [0.15, 0.2) is 48.5 Å². The van der Waals surface area contributed by atoms with Gasteiger partial charge in [-0.3, -0.25) is 14.6 Å². The number of rotatable bonds is 10. The summed E-state index contributed by atoms with van der Waals surface area (Å²) in [6.45, 7) is 2.64. The molecular weight excluding hydrogens is 448 g/mol. The number of ether oxygens (including phenoxy) is 2. The summed E-state index contributed by atoms with van der Waals surface area (Å²) in [4.78, 5) is 28.7. The summed E-state index contributed by atoms with van der Waals surface area (Å²) < 4.78 is 11.0. The van der Waals surface area contributed by atoms with Crippen LogP contribution in [0.2, 0.25) is 0 Å². The number of amides is 1. The van der Waals surface area contributed by atoms with Crippen LogP contribution in [0.5, 0.6) is 11.5 Å². The zero-order chi connectivity index (χ0) is 24.8. The normalized spacial score (nSPS) is 20.6. The number of likely N-dealkylation sites (tertiary alicyclic amines) is 1. The number of benzene rings is 2. The van der Waals surface area contributed by atoms with Gasteiger partial charge in [0.2, 0.25) is 0 Å². The van der Waals surface area contributed by atoms with Gasteiger partial charge in [-0.2, -0.15) is 5.26 Å². The van der Waals surface area contributed by atoms with Crippen molar-refractivity contribution in [2.45, 2.75) is 31.0 Å². The maximum Gasteiger partial charge on any atom is 0.405 e. The van der Waals surface area contributed by atoms with Crippen molar-refractivity contribution in [2.75, 3.05) is 39.9 Å². The van der Waals surface area contributed by atoms with E-state index < -0.39 is 12.1 Å². The van der Waals surface area contributed by atoms with Crippen LogP contribution in [0, 0.1) is 11.3 Å². The highest BCUT2D eigenvalue weighted by Crippen LogP contribution is 2.30. The first-order valence-corrected chi connectivity index (χ1v) is 11.7. The van der Waals surface area contributed by atoms with Crippen molar-refractivity contribution in [2.24, 2.45) is 0 Å². The van der Waals surface area contributed by atoms with Gasteiger partial charge in [0.1, 0.15) is 18.1 Å². The van der Waals surface area contributed by atoms with E-state index >= 15 is 0 Å². The zero-order valence-corrected chi connectivity index (χ0v) is 19.7. The standard InChI is InChI=1S/C26H30N4O5/c1-34-23-10-4-19(5-11-23)25(31)16-29-14-21-6-7-22(15-29)30(21)13-20(28-26(32)33)17-35-24-8-2-18(12-27)3-9-24/h2-5,8-11,20-22,28H,6-7,13-17H2,1H3,(H,32,33)/t20-,21?,22?/m0/s1. The van der Waals surface area contributed by atoms with E-state index in [1.54, 1.807) is 55.6 Å². The second-order valence-electron chi connectivity index (χ2n) is 9.02. The summed E-state index contributed by atoms with van der Waals surface area (Å²) in [5.74, 6) is 1.40. The van der Waals surface area contributed by atoms with E-state index in [4.69, 9.17) is 14.7 Å². The Balaban J connectivity index is 1.33. The highest BCUT2D eigenvalue weighted by Gasteiger charge is 2.41. The zero-order valence-electron chi connectivity index (χ0n) is 19.7. The van der Waals surface area contributed by atoms with Crippen LogP contribution < -0.4 is 14.8 Å². The van der Waals surface area contributed by atoms with Gasteiger partial charge in [0.15, 0.2) is 5.78 Å². The fraction of sp³-hybridized carbons (Fsp3) is 0.423. The molecule has 35 heavy (non-hydrogen) atoms. The predicted molar refractivity (Wildman–Crippen MR) is 129 cm³/mol. The minimum absolute atomic E-state index is 0.0849. The summed E-state index contributed by atoms with van der Waals surface area (Å²) in [6.07, 6.45) is 0.956. The molecule has 2 bridgehead atoms. The van der Waals surface area contributed by atoms with Crippen molar-refractivity contribution in [1.29, 1.82) is 5.26 Å². The number of nitrogens with zero attached hydrogens (tertiary/aromatic N) is 3. The summed E-state index contributed by atoms with van der Waals surface area (Å²) in [5, 5.41) is 20.8. The summed E-state index contributed by atoms with van der Waals surface area (Å²) >= 11 is 0. The lowest BCUT2D eigenvalue weighted by Gasteiger charge is -2.42. The number of fused-ring (bicyclic) bond motifs is 2. The number of Topliss-reactive ketones (excluding diaryl/α,β-unsaturated/α-hetero) is 1. The van der Waals surface area contributed by atoms with Gasteiger partial charge in [-0.1, -0.05) is 0 Å². The van der Waals surface area contributed by atoms with Crippen LogP contribution >= 0.6 is 0 Å². The van der Waals surface area contributed by atoms with Gasteiger partial charge >= 0.3 is 6.09 Å². The van der Waals surface area contributed by atoms with Crippen molar-refractivity contribution in [3.8, 4) is 17.6 Å². The second-order valence-corrected chi connectivity index (χ2v) is 9.02. The van der Waals surface area contributed by atoms with E-state index in [0.29, 0.717) is 30.0 Å². The predicted octanol–water partition coefficient (Wildman–Crippen LogP) is 2.61. The third-order valence-electron chi connectivity index (χ3n) is 6.68. The quantitative estimate of drug-likeness (QED) is 0.501. The average molecular weight is 479 g/mol. The van der Waals surface area contributed by atoms with Gasteiger partial charge in [0, 0.05) is 37.3 Å². The fourth-order valence-corrected chi connectivity index (χ4v) is 4.97. The van der Waals surface area contributed by atoms with E-state index in [0.717, 1.165) is 31.7 Å². The van der Waals surface area contributed by atoms with Crippen LogP contribution in [0.3, 0.4) is 0 Å². The lowest BCUT2D eigenvalue weighted by Crippen LogP contribution is -2.58. The molecule has 0 aromatic heterocycles. The molecule has 184 valence electrons. The second kappa shape index (κ2) is 11.2. The smallest absolute Gasteiger partial charge is 0.405 e. The maximum atomic E-state index is 12.8. The Morgan fingerprint density at radius 3 is 2.29 bits per heavy atom. The van der Waals surface area contributed by atoms with Crippen LogP contribution in [-0.2, 0) is 0 Å². The number of nitrogens with one attached hydrogen (secondary N) is 1. The largest absolute Gasteiger partial charge is 0.497 e. The molecule has 3 atom stereocenters. The lowest BCUT2D eigenvalue weighted by atomic mass is 10.1. The van der Waals surface area contributed by atoms with Crippen LogP contribution in [0.4, 0.5) is 4.79 Å². The minimum atomic E-state index is -1.09. The molecule has 2 saturated heterocycles. The Bertz CT molecular complexity index is 1050. The van der Waals surface area contributed by atoms with Crippen molar-refractivity contribution < 1.29 is 24.2 Å². The fourth-order valence-electron chi connectivity index (χ4n) is 4.97. The van der Waals surface area contributed by atoms with Crippen LogP contribution in [-0.4, -0.2) is 84.8 Å². The van der Waals surface area contributed by atoms with Gasteiger partial charge in [-0.05, 0) is 61.4 Å². The number of methoxy groups -OCH3 is 1. The van der Waals surface area contributed by atoms with Gasteiger partial charge in [0.05, 0.1) is 31.3 Å². The molecule has 9 nitrogen and oxygen atoms in total. The first-order chi connectivity index (χ1) is 16.9. The molecule has 2 aliphatic heterocycles. The number of carboxylic acid groups (broad SMARTS) is 1. The number of hydrogen-bond acceptors (Lipinski definition) is 7. The van der Waals surface area contributed by atoms with E-state index in [2.05, 4.69) is 21.2 Å². The molecule has 0 spiro atoms. The van der Waals surface area contributed by atoms with Crippen LogP contribution in [0.25, 0.3) is 0 Å². The lowest BCUT2D eigenvalue weighted by molar-refractivity contribution is 0.0502. The highest BCUT2D eigenvalue weighted by molar-refractivity contribution is 5.97. The van der Waals surface area contributed by atoms with E-state index in [1.807, 2.05) is 0 Å². The SMILES string of the molecule is COc1ccc(C(=O)CN2CC3CCC(C2)N3C[C@@H](COc2ccc(C#N)cc2)NC(=O)O)cc1. The summed E-state index contributed by atoms with van der Waals surface area (Å²) in [7, 11) is 1.60. The van der Waals surface area contributed by atoms with Gasteiger partial charge < -0.3 is 19.9 Å². The molecular formula is C26H30N4O5. The first-order valence-electron chi connectivity index (χ1n) is 11.7. The molecule has 2 fully saturated rings. The van der Waals surface area contributed by atoms with Crippen molar-refractivity contribution in [3.05, 3.63) is 59.7 Å². The van der Waals surface area contributed by atoms with Gasteiger partial charge in [0.25, 0.3) is 0 Å². The van der Waals surface area contributed by atoms with Crippen LogP contribution in [0.1, 0.15) is 28.8 Å². The van der Waals surface area contributed by atoms with E-state index in [9.17, 15) is 14.7 Å². The first kappa shape index (κ1) is 24.5. The third-order valence-corrected chi connectivity index (χ3v) is 6.68. The number of carbonyl (C=O) groups excluding carboxylic acids is 1. The van der Waals surface area contributed by atoms with E-state index in [1.165, 1.54) is 0 Å². The Kier molecular flexibility index (Phi) is 7.85. The van der Waals surface area contributed by atoms with Gasteiger partial charge in [-0.25, -0.2) is 4.79 Å². The molecule has 2 aromatic carbocycles. The molecule has 2 aromatic rings. The van der Waals surface area contributed by atoms with Gasteiger partial charge in [-0.15, -0.1) is 0 Å². The number of ketones is 1. The molecule has 4 rings (SSSR count). The maximum absolute atomic E-state index is 12.8.